The van der Waals surface area contributed by atoms with E-state index in [-0.39, 0.29) is 24.4 Å². The van der Waals surface area contributed by atoms with Crippen molar-refractivity contribution in [1.82, 2.24) is 10.2 Å². The third kappa shape index (κ3) is 2.41. The molecule has 0 spiro atoms. The Labute approximate surface area is 140 Å². The second kappa shape index (κ2) is 6.00. The van der Waals surface area contributed by atoms with Crippen LogP contribution < -0.4 is 11.1 Å². The summed E-state index contributed by atoms with van der Waals surface area (Å²) >= 11 is 0. The number of amides is 2. The Hall–Kier alpha value is -2.24. The fraction of sp³-hybridized carbons (Fsp3) is 0.368. The highest BCUT2D eigenvalue weighted by molar-refractivity contribution is 6.25. The molecule has 2 aliphatic rings. The largest absolute Gasteiger partial charge is 0.326 e. The molecular formula is C19H21N3O2. The Kier molecular flexibility index (Phi) is 3.82. The predicted octanol–water partition coefficient (Wildman–Crippen LogP) is 1.76. The normalized spacial score (nSPS) is 19.8. The van der Waals surface area contributed by atoms with Crippen molar-refractivity contribution in [3.05, 3.63) is 47.5 Å². The van der Waals surface area contributed by atoms with E-state index in [1.54, 1.807) is 12.1 Å². The molecule has 0 saturated carbocycles. The predicted molar refractivity (Wildman–Crippen MR) is 92.9 cm³/mol. The van der Waals surface area contributed by atoms with Crippen molar-refractivity contribution in [3.8, 4) is 0 Å². The number of carbonyl (C=O) groups excluding carboxylic acids is 2. The van der Waals surface area contributed by atoms with Gasteiger partial charge in [0.1, 0.15) is 0 Å². The first-order chi connectivity index (χ1) is 11.7. The van der Waals surface area contributed by atoms with Crippen LogP contribution in [0.1, 0.15) is 33.6 Å². The van der Waals surface area contributed by atoms with E-state index in [9.17, 15) is 9.59 Å². The summed E-state index contributed by atoms with van der Waals surface area (Å²) in [7, 11) is 0. The number of nitrogens with zero attached hydrogens (tertiary/aromatic N) is 1. The maximum atomic E-state index is 12.9. The van der Waals surface area contributed by atoms with Crippen molar-refractivity contribution in [2.24, 2.45) is 11.7 Å². The molecule has 1 fully saturated rings. The van der Waals surface area contributed by atoms with Crippen LogP contribution in [0.25, 0.3) is 10.8 Å². The fourth-order valence-corrected chi connectivity index (χ4v) is 3.88. The second-order valence-corrected chi connectivity index (χ2v) is 6.68. The van der Waals surface area contributed by atoms with Crippen LogP contribution in [0.2, 0.25) is 0 Å². The lowest BCUT2D eigenvalue weighted by Crippen LogP contribution is -2.50. The van der Waals surface area contributed by atoms with E-state index in [0.29, 0.717) is 17.0 Å². The van der Waals surface area contributed by atoms with Gasteiger partial charge in [-0.1, -0.05) is 24.3 Å². The van der Waals surface area contributed by atoms with Crippen molar-refractivity contribution in [2.75, 3.05) is 19.6 Å². The van der Waals surface area contributed by atoms with Crippen molar-refractivity contribution in [1.29, 1.82) is 0 Å². The lowest BCUT2D eigenvalue weighted by Gasteiger charge is -2.33. The summed E-state index contributed by atoms with van der Waals surface area (Å²) in [4.78, 5) is 27.1. The molecule has 5 nitrogen and oxygen atoms in total. The van der Waals surface area contributed by atoms with Crippen LogP contribution in [0, 0.1) is 5.92 Å². The summed E-state index contributed by atoms with van der Waals surface area (Å²) in [5.74, 6) is -0.109. The van der Waals surface area contributed by atoms with E-state index in [0.717, 1.165) is 36.7 Å². The molecule has 1 saturated heterocycles. The average molecular weight is 323 g/mol. The summed E-state index contributed by atoms with van der Waals surface area (Å²) in [6.07, 6.45) is 1.98. The molecule has 3 N–H and O–H groups in total. The van der Waals surface area contributed by atoms with Gasteiger partial charge in [0.05, 0.1) is 0 Å². The number of imide groups is 1. The van der Waals surface area contributed by atoms with E-state index in [2.05, 4.69) is 5.32 Å². The van der Waals surface area contributed by atoms with Gasteiger partial charge in [0, 0.05) is 29.1 Å². The van der Waals surface area contributed by atoms with Crippen LogP contribution >= 0.6 is 0 Å². The second-order valence-electron chi connectivity index (χ2n) is 6.68. The molecule has 0 bridgehead atoms. The number of hydrogen-bond donors (Lipinski definition) is 2. The molecule has 4 rings (SSSR count). The number of benzene rings is 2. The number of piperidine rings is 1. The average Bonchev–Trinajstić information content (AvgIpc) is 2.63. The molecule has 0 radical (unpaired) electrons. The van der Waals surface area contributed by atoms with Crippen LogP contribution in [-0.4, -0.2) is 42.4 Å². The minimum absolute atomic E-state index is 0.176. The van der Waals surface area contributed by atoms with Crippen LogP contribution in [0.5, 0.6) is 0 Å². The molecule has 0 aromatic heterocycles. The molecule has 24 heavy (non-hydrogen) atoms. The van der Waals surface area contributed by atoms with Crippen molar-refractivity contribution in [3.63, 3.8) is 0 Å². The first kappa shape index (κ1) is 15.3. The van der Waals surface area contributed by atoms with Crippen LogP contribution in [0.3, 0.4) is 0 Å². The third-order valence-electron chi connectivity index (χ3n) is 5.24. The van der Waals surface area contributed by atoms with Crippen LogP contribution in [0.15, 0.2) is 36.4 Å². The number of nitrogens with one attached hydrogen (secondary N) is 1. The highest BCUT2D eigenvalue weighted by atomic mass is 16.2. The van der Waals surface area contributed by atoms with Gasteiger partial charge in [0.25, 0.3) is 11.8 Å². The number of nitrogens with two attached hydrogens (primary N) is 1. The summed E-state index contributed by atoms with van der Waals surface area (Å²) in [6, 6.07) is 11.0. The van der Waals surface area contributed by atoms with E-state index in [1.807, 2.05) is 24.3 Å². The third-order valence-corrected chi connectivity index (χ3v) is 5.24. The molecule has 1 atom stereocenters. The number of rotatable bonds is 3. The van der Waals surface area contributed by atoms with E-state index in [4.69, 9.17) is 5.73 Å². The SMILES string of the molecule is NC(CN1C(=O)c2cccc3cccc(c23)C1=O)C1CCNCC1. The summed E-state index contributed by atoms with van der Waals surface area (Å²) in [6.45, 7) is 2.18. The molecule has 5 heteroatoms. The zero-order valence-corrected chi connectivity index (χ0v) is 13.5. The molecule has 2 amide bonds. The maximum Gasteiger partial charge on any atom is 0.261 e. The Morgan fingerprint density at radius 2 is 1.62 bits per heavy atom. The summed E-state index contributed by atoms with van der Waals surface area (Å²) < 4.78 is 0. The Balaban J connectivity index is 1.66. The van der Waals surface area contributed by atoms with Crippen molar-refractivity contribution >= 4 is 22.6 Å². The van der Waals surface area contributed by atoms with Gasteiger partial charge in [-0.3, -0.25) is 14.5 Å². The van der Waals surface area contributed by atoms with Crippen molar-refractivity contribution in [2.45, 2.75) is 18.9 Å². The minimum Gasteiger partial charge on any atom is -0.326 e. The van der Waals surface area contributed by atoms with Gasteiger partial charge in [-0.15, -0.1) is 0 Å². The van der Waals surface area contributed by atoms with Crippen LogP contribution in [0.4, 0.5) is 0 Å². The zero-order chi connectivity index (χ0) is 16.7. The van der Waals surface area contributed by atoms with Gasteiger partial charge in [-0.2, -0.15) is 0 Å². The van der Waals surface area contributed by atoms with Gasteiger partial charge >= 0.3 is 0 Å². The highest BCUT2D eigenvalue weighted by Gasteiger charge is 2.34. The Morgan fingerprint density at radius 3 is 2.21 bits per heavy atom. The topological polar surface area (TPSA) is 75.4 Å². The molecule has 2 heterocycles. The lowest BCUT2D eigenvalue weighted by atomic mass is 9.89. The molecule has 1 unspecified atom stereocenters. The van der Waals surface area contributed by atoms with Gasteiger partial charge in [-0.25, -0.2) is 0 Å². The number of carbonyl (C=O) groups is 2. The summed E-state index contributed by atoms with van der Waals surface area (Å²) in [5.41, 5.74) is 7.54. The quantitative estimate of drug-likeness (QED) is 0.844. The molecule has 2 aromatic carbocycles. The highest BCUT2D eigenvalue weighted by Crippen LogP contribution is 2.30. The number of hydrogen-bond acceptors (Lipinski definition) is 4. The molecule has 2 aliphatic heterocycles. The Morgan fingerprint density at radius 1 is 1.04 bits per heavy atom. The molecule has 124 valence electrons. The minimum atomic E-state index is -0.228. The smallest absolute Gasteiger partial charge is 0.261 e. The zero-order valence-electron chi connectivity index (χ0n) is 13.5. The molecular weight excluding hydrogens is 302 g/mol. The van der Waals surface area contributed by atoms with Gasteiger partial charge < -0.3 is 11.1 Å². The standard InChI is InChI=1S/C19H21N3O2/c20-16(12-7-9-21-10-8-12)11-22-18(23)14-5-1-3-13-4-2-6-15(17(13)14)19(22)24/h1-6,12,16,21H,7-11,20H2. The maximum absolute atomic E-state index is 12.9. The monoisotopic (exact) mass is 323 g/mol. The fourth-order valence-electron chi connectivity index (χ4n) is 3.88. The molecule has 2 aromatic rings. The van der Waals surface area contributed by atoms with Gasteiger partial charge in [0.15, 0.2) is 0 Å². The van der Waals surface area contributed by atoms with E-state index < -0.39 is 0 Å². The van der Waals surface area contributed by atoms with Gasteiger partial charge in [0.2, 0.25) is 0 Å². The Bertz CT molecular complexity index is 761. The van der Waals surface area contributed by atoms with E-state index in [1.165, 1.54) is 4.90 Å². The molecule has 0 aliphatic carbocycles. The van der Waals surface area contributed by atoms with Crippen molar-refractivity contribution < 1.29 is 9.59 Å². The summed E-state index contributed by atoms with van der Waals surface area (Å²) in [5, 5.41) is 5.00. The first-order valence-electron chi connectivity index (χ1n) is 8.51. The lowest BCUT2D eigenvalue weighted by molar-refractivity contribution is 0.0586. The first-order valence-corrected chi connectivity index (χ1v) is 8.51. The van der Waals surface area contributed by atoms with E-state index >= 15 is 0 Å². The van der Waals surface area contributed by atoms with Crippen LogP contribution in [-0.2, 0) is 0 Å². The van der Waals surface area contributed by atoms with Gasteiger partial charge in [-0.05, 0) is 49.4 Å².